The Morgan fingerprint density at radius 3 is 2.38 bits per heavy atom. The Balaban J connectivity index is 2.01. The lowest BCUT2D eigenvalue weighted by molar-refractivity contribution is -0.119. The van der Waals surface area contributed by atoms with Crippen molar-refractivity contribution in [1.29, 1.82) is 0 Å². The van der Waals surface area contributed by atoms with Gasteiger partial charge in [0.2, 0.25) is 0 Å². The van der Waals surface area contributed by atoms with Crippen LogP contribution in [-0.4, -0.2) is 23.6 Å². The Morgan fingerprint density at radius 1 is 1.12 bits per heavy atom. The number of benzene rings is 2. The molecule has 0 saturated carbocycles. The number of aromatic hydroxyl groups is 1. The van der Waals surface area contributed by atoms with Crippen LogP contribution in [0.3, 0.4) is 0 Å². The normalized spacial score (nSPS) is 10.3. The molecular weight excluding hydrogens is 374 g/mol. The van der Waals surface area contributed by atoms with Crippen LogP contribution in [0.2, 0.25) is 0 Å². The first-order chi connectivity index (χ1) is 11.3. The molecule has 126 valence electrons. The number of carbonyl (C=O) groups excluding carboxylic acids is 2. The molecule has 0 radical (unpaired) electrons. The van der Waals surface area contributed by atoms with Crippen molar-refractivity contribution in [1.82, 2.24) is 0 Å². The highest BCUT2D eigenvalue weighted by Crippen LogP contribution is 2.23. The predicted octanol–water partition coefficient (Wildman–Crippen LogP) is 3.88. The van der Waals surface area contributed by atoms with Gasteiger partial charge in [-0.15, -0.1) is 0 Å². The van der Waals surface area contributed by atoms with E-state index in [0.717, 1.165) is 16.7 Å². The maximum atomic E-state index is 12.0. The third-order valence-electron chi connectivity index (χ3n) is 3.45. The molecule has 0 heterocycles. The van der Waals surface area contributed by atoms with E-state index < -0.39 is 18.5 Å². The number of anilines is 1. The van der Waals surface area contributed by atoms with E-state index in [1.165, 1.54) is 12.1 Å². The molecule has 6 heteroatoms. The van der Waals surface area contributed by atoms with E-state index in [2.05, 4.69) is 21.2 Å². The molecule has 0 atom stereocenters. The molecule has 1 amide bonds. The lowest BCUT2D eigenvalue weighted by atomic mass is 10.1. The van der Waals surface area contributed by atoms with Gasteiger partial charge in [0.25, 0.3) is 5.91 Å². The molecule has 0 spiro atoms. The van der Waals surface area contributed by atoms with Crippen molar-refractivity contribution in [2.75, 3.05) is 11.9 Å². The third-order valence-corrected chi connectivity index (χ3v) is 3.95. The number of phenols is 1. The number of carbonyl (C=O) groups is 2. The van der Waals surface area contributed by atoms with Gasteiger partial charge in [-0.05, 0) is 50.1 Å². The minimum absolute atomic E-state index is 0.000119. The SMILES string of the molecule is Cc1cc(C)c(NC(=O)COC(=O)c2cc(Br)ccc2O)c(C)c1. The van der Waals surface area contributed by atoms with E-state index in [9.17, 15) is 14.7 Å². The van der Waals surface area contributed by atoms with E-state index in [1.54, 1.807) is 6.07 Å². The lowest BCUT2D eigenvalue weighted by Gasteiger charge is -2.13. The molecule has 2 N–H and O–H groups in total. The van der Waals surface area contributed by atoms with Gasteiger partial charge in [-0.1, -0.05) is 33.6 Å². The smallest absolute Gasteiger partial charge is 0.342 e. The van der Waals surface area contributed by atoms with Gasteiger partial charge in [-0.25, -0.2) is 4.79 Å². The maximum Gasteiger partial charge on any atom is 0.342 e. The van der Waals surface area contributed by atoms with E-state index >= 15 is 0 Å². The number of rotatable bonds is 4. The minimum Gasteiger partial charge on any atom is -0.507 e. The number of halogens is 1. The first kappa shape index (κ1) is 18.0. The number of esters is 1. The summed E-state index contributed by atoms with van der Waals surface area (Å²) in [7, 11) is 0. The highest BCUT2D eigenvalue weighted by Gasteiger charge is 2.16. The molecule has 0 aliphatic carbocycles. The van der Waals surface area contributed by atoms with Gasteiger partial charge in [0, 0.05) is 10.2 Å². The molecule has 5 nitrogen and oxygen atoms in total. The molecule has 0 bridgehead atoms. The van der Waals surface area contributed by atoms with E-state index in [-0.39, 0.29) is 11.3 Å². The number of aryl methyl sites for hydroxylation is 3. The van der Waals surface area contributed by atoms with Crippen molar-refractivity contribution in [2.24, 2.45) is 0 Å². The van der Waals surface area contributed by atoms with Gasteiger partial charge < -0.3 is 15.2 Å². The van der Waals surface area contributed by atoms with Crippen LogP contribution in [-0.2, 0) is 9.53 Å². The van der Waals surface area contributed by atoms with Crippen molar-refractivity contribution in [2.45, 2.75) is 20.8 Å². The Bertz CT molecular complexity index is 779. The predicted molar refractivity (Wildman–Crippen MR) is 95.4 cm³/mol. The van der Waals surface area contributed by atoms with Crippen LogP contribution in [0.25, 0.3) is 0 Å². The van der Waals surface area contributed by atoms with E-state index in [0.29, 0.717) is 10.2 Å². The topological polar surface area (TPSA) is 75.6 Å². The van der Waals surface area contributed by atoms with Crippen LogP contribution in [0, 0.1) is 20.8 Å². The summed E-state index contributed by atoms with van der Waals surface area (Å²) >= 11 is 3.21. The Morgan fingerprint density at radius 2 is 1.75 bits per heavy atom. The fourth-order valence-electron chi connectivity index (χ4n) is 2.43. The zero-order valence-corrected chi connectivity index (χ0v) is 15.2. The lowest BCUT2D eigenvalue weighted by Crippen LogP contribution is -2.22. The first-order valence-corrected chi connectivity index (χ1v) is 8.10. The van der Waals surface area contributed by atoms with Crippen LogP contribution >= 0.6 is 15.9 Å². The Hall–Kier alpha value is -2.34. The fourth-order valence-corrected chi connectivity index (χ4v) is 2.79. The van der Waals surface area contributed by atoms with Gasteiger partial charge >= 0.3 is 5.97 Å². The monoisotopic (exact) mass is 391 g/mol. The summed E-state index contributed by atoms with van der Waals surface area (Å²) in [4.78, 5) is 24.0. The molecule has 24 heavy (non-hydrogen) atoms. The summed E-state index contributed by atoms with van der Waals surface area (Å²) in [5.41, 5.74) is 3.71. The number of phenolic OH excluding ortho intramolecular Hbond substituents is 1. The molecule has 0 saturated heterocycles. The van der Waals surface area contributed by atoms with Crippen LogP contribution in [0.15, 0.2) is 34.8 Å². The largest absolute Gasteiger partial charge is 0.507 e. The van der Waals surface area contributed by atoms with E-state index in [1.807, 2.05) is 32.9 Å². The fraction of sp³-hybridized carbons (Fsp3) is 0.222. The van der Waals surface area contributed by atoms with Gasteiger partial charge in [0.1, 0.15) is 11.3 Å². The number of ether oxygens (including phenoxy) is 1. The summed E-state index contributed by atoms with van der Waals surface area (Å²) in [6.45, 7) is 5.36. The molecular formula is C18H18BrNO4. The van der Waals surface area contributed by atoms with Gasteiger partial charge in [-0.3, -0.25) is 4.79 Å². The highest BCUT2D eigenvalue weighted by molar-refractivity contribution is 9.10. The van der Waals surface area contributed by atoms with Crippen molar-refractivity contribution >= 4 is 33.5 Å². The highest BCUT2D eigenvalue weighted by atomic mass is 79.9. The average Bonchev–Trinajstić information content (AvgIpc) is 2.50. The number of amides is 1. The van der Waals surface area contributed by atoms with Crippen molar-refractivity contribution in [3.63, 3.8) is 0 Å². The zero-order chi connectivity index (χ0) is 17.9. The summed E-state index contributed by atoms with van der Waals surface area (Å²) in [5, 5.41) is 12.4. The standard InChI is InChI=1S/C18H18BrNO4/c1-10-6-11(2)17(12(3)7-10)20-16(22)9-24-18(23)14-8-13(19)4-5-15(14)21/h4-8,21H,9H2,1-3H3,(H,20,22). The second kappa shape index (κ2) is 7.49. The number of hydrogen-bond acceptors (Lipinski definition) is 4. The molecule has 2 aromatic carbocycles. The van der Waals surface area contributed by atoms with Crippen LogP contribution < -0.4 is 5.32 Å². The molecule has 0 aliphatic rings. The summed E-state index contributed by atoms with van der Waals surface area (Å²) < 4.78 is 5.60. The first-order valence-electron chi connectivity index (χ1n) is 7.31. The van der Waals surface area contributed by atoms with Crippen molar-refractivity contribution in [3.05, 3.63) is 57.1 Å². The van der Waals surface area contributed by atoms with Crippen molar-refractivity contribution in [3.8, 4) is 5.75 Å². The second-order valence-electron chi connectivity index (χ2n) is 5.56. The quantitative estimate of drug-likeness (QED) is 0.775. The summed E-state index contributed by atoms with van der Waals surface area (Å²) in [6, 6.07) is 8.34. The van der Waals surface area contributed by atoms with Crippen LogP contribution in [0.1, 0.15) is 27.0 Å². The molecule has 0 fully saturated rings. The second-order valence-corrected chi connectivity index (χ2v) is 6.48. The molecule has 0 aliphatic heterocycles. The molecule has 0 aromatic heterocycles. The minimum atomic E-state index is -0.763. The van der Waals surface area contributed by atoms with Gasteiger partial charge in [0.05, 0.1) is 0 Å². The molecule has 2 rings (SSSR count). The average molecular weight is 392 g/mol. The van der Waals surface area contributed by atoms with Crippen LogP contribution in [0.5, 0.6) is 5.75 Å². The summed E-state index contributed by atoms with van der Waals surface area (Å²) in [5.74, 6) is -1.40. The Kier molecular flexibility index (Phi) is 5.62. The van der Waals surface area contributed by atoms with Crippen molar-refractivity contribution < 1.29 is 19.4 Å². The Labute approximate surface area is 148 Å². The zero-order valence-electron chi connectivity index (χ0n) is 13.6. The molecule has 2 aromatic rings. The summed E-state index contributed by atoms with van der Waals surface area (Å²) in [6.07, 6.45) is 0. The van der Waals surface area contributed by atoms with Gasteiger partial charge in [0.15, 0.2) is 6.61 Å². The third kappa shape index (κ3) is 4.35. The number of hydrogen-bond donors (Lipinski definition) is 2. The van der Waals surface area contributed by atoms with E-state index in [4.69, 9.17) is 4.74 Å². The maximum absolute atomic E-state index is 12.0. The number of nitrogens with one attached hydrogen (secondary N) is 1. The van der Waals surface area contributed by atoms with Crippen LogP contribution in [0.4, 0.5) is 5.69 Å². The van der Waals surface area contributed by atoms with Gasteiger partial charge in [-0.2, -0.15) is 0 Å². The molecule has 0 unspecified atom stereocenters.